The molecule has 5 nitrogen and oxygen atoms in total. The zero-order chi connectivity index (χ0) is 14.4. The number of carbonyl (C=O) groups is 1. The van der Waals surface area contributed by atoms with Gasteiger partial charge in [0, 0.05) is 37.9 Å². The number of hydrogen-bond acceptors (Lipinski definition) is 4. The molecule has 0 atom stereocenters. The average Bonchev–Trinajstić information content (AvgIpc) is 2.47. The van der Waals surface area contributed by atoms with E-state index in [0.29, 0.717) is 19.8 Å². The molecule has 1 aliphatic heterocycles. The molecule has 1 aromatic carbocycles. The Bertz CT molecular complexity index is 456. The highest BCUT2D eigenvalue weighted by atomic mass is 16.5. The summed E-state index contributed by atoms with van der Waals surface area (Å²) in [5.74, 6) is -0.0830. The molecule has 110 valence electrons. The van der Waals surface area contributed by atoms with Crippen molar-refractivity contribution in [2.24, 2.45) is 0 Å². The minimum atomic E-state index is -0.276. The number of benzene rings is 1. The van der Waals surface area contributed by atoms with Gasteiger partial charge < -0.3 is 20.5 Å². The Morgan fingerprint density at radius 3 is 2.70 bits per heavy atom. The van der Waals surface area contributed by atoms with Crippen molar-refractivity contribution < 1.29 is 14.6 Å². The molecule has 0 saturated carbocycles. The molecule has 0 aliphatic carbocycles. The second-order valence-electron chi connectivity index (χ2n) is 5.24. The first-order valence-electron chi connectivity index (χ1n) is 6.94. The van der Waals surface area contributed by atoms with Crippen molar-refractivity contribution in [3.8, 4) is 0 Å². The van der Waals surface area contributed by atoms with Gasteiger partial charge in [-0.2, -0.15) is 0 Å². The number of aliphatic hydroxyl groups excluding tert-OH is 1. The Morgan fingerprint density at radius 2 is 2.05 bits per heavy atom. The Morgan fingerprint density at radius 1 is 1.35 bits per heavy atom. The first-order chi connectivity index (χ1) is 9.65. The van der Waals surface area contributed by atoms with Crippen LogP contribution in [-0.2, 0) is 16.1 Å². The predicted molar refractivity (Wildman–Crippen MR) is 77.5 cm³/mol. The fourth-order valence-electron chi connectivity index (χ4n) is 2.42. The van der Waals surface area contributed by atoms with E-state index in [1.54, 1.807) is 0 Å². The summed E-state index contributed by atoms with van der Waals surface area (Å²) < 4.78 is 5.35. The molecule has 0 radical (unpaired) electrons. The first-order valence-corrected chi connectivity index (χ1v) is 6.94. The maximum atomic E-state index is 11.2. The van der Waals surface area contributed by atoms with Crippen LogP contribution in [0.15, 0.2) is 24.3 Å². The Hall–Kier alpha value is -1.43. The highest BCUT2D eigenvalue weighted by molar-refractivity contribution is 5.89. The lowest BCUT2D eigenvalue weighted by atomic mass is 9.90. The van der Waals surface area contributed by atoms with Gasteiger partial charge in [0.2, 0.25) is 5.91 Å². The number of carbonyl (C=O) groups excluding carboxylic acids is 1. The number of amides is 1. The van der Waals surface area contributed by atoms with Crippen molar-refractivity contribution in [2.45, 2.75) is 31.8 Å². The van der Waals surface area contributed by atoms with Gasteiger partial charge in [-0.15, -0.1) is 0 Å². The maximum Gasteiger partial charge on any atom is 0.221 e. The van der Waals surface area contributed by atoms with E-state index in [-0.39, 0.29) is 18.1 Å². The molecule has 2 rings (SSSR count). The molecule has 1 saturated heterocycles. The van der Waals surface area contributed by atoms with Crippen molar-refractivity contribution >= 4 is 11.6 Å². The van der Waals surface area contributed by atoms with Gasteiger partial charge in [-0.1, -0.05) is 18.2 Å². The molecule has 1 amide bonds. The molecule has 1 aromatic rings. The summed E-state index contributed by atoms with van der Waals surface area (Å²) in [6, 6.07) is 7.69. The second kappa shape index (κ2) is 6.83. The SMILES string of the molecule is CC(=O)Nc1ccccc1CNC1(CO)CCOCC1. The van der Waals surface area contributed by atoms with Crippen LogP contribution in [0.4, 0.5) is 5.69 Å². The number of para-hydroxylation sites is 1. The molecule has 0 aromatic heterocycles. The smallest absolute Gasteiger partial charge is 0.221 e. The van der Waals surface area contributed by atoms with E-state index in [4.69, 9.17) is 4.74 Å². The average molecular weight is 278 g/mol. The third-order valence-corrected chi connectivity index (χ3v) is 3.73. The van der Waals surface area contributed by atoms with Crippen LogP contribution in [0.25, 0.3) is 0 Å². The third-order valence-electron chi connectivity index (χ3n) is 3.73. The van der Waals surface area contributed by atoms with Crippen LogP contribution in [0.5, 0.6) is 0 Å². The van der Waals surface area contributed by atoms with Crippen LogP contribution in [0.3, 0.4) is 0 Å². The molecular weight excluding hydrogens is 256 g/mol. The summed E-state index contributed by atoms with van der Waals surface area (Å²) in [5, 5.41) is 15.9. The van der Waals surface area contributed by atoms with E-state index in [2.05, 4.69) is 10.6 Å². The quantitative estimate of drug-likeness (QED) is 0.759. The molecule has 0 spiro atoms. The normalized spacial score (nSPS) is 17.7. The summed E-state index contributed by atoms with van der Waals surface area (Å²) in [4.78, 5) is 11.2. The van der Waals surface area contributed by atoms with E-state index in [9.17, 15) is 9.90 Å². The lowest BCUT2D eigenvalue weighted by Crippen LogP contribution is -2.51. The number of rotatable bonds is 5. The molecule has 0 unspecified atom stereocenters. The number of nitrogens with one attached hydrogen (secondary N) is 2. The Labute approximate surface area is 119 Å². The summed E-state index contributed by atoms with van der Waals surface area (Å²) in [6.45, 7) is 3.54. The monoisotopic (exact) mass is 278 g/mol. The van der Waals surface area contributed by atoms with Gasteiger partial charge >= 0.3 is 0 Å². The predicted octanol–water partition coefficient (Wildman–Crippen LogP) is 1.28. The topological polar surface area (TPSA) is 70.6 Å². The molecule has 5 heteroatoms. The molecule has 0 bridgehead atoms. The van der Waals surface area contributed by atoms with E-state index in [1.807, 2.05) is 24.3 Å². The lowest BCUT2D eigenvalue weighted by Gasteiger charge is -2.36. The van der Waals surface area contributed by atoms with Crippen molar-refractivity contribution in [3.05, 3.63) is 29.8 Å². The van der Waals surface area contributed by atoms with E-state index >= 15 is 0 Å². The zero-order valence-corrected chi connectivity index (χ0v) is 11.8. The van der Waals surface area contributed by atoms with Crippen LogP contribution < -0.4 is 10.6 Å². The van der Waals surface area contributed by atoms with Crippen LogP contribution in [0, 0.1) is 0 Å². The highest BCUT2D eigenvalue weighted by Crippen LogP contribution is 2.22. The molecule has 1 heterocycles. The van der Waals surface area contributed by atoms with Gasteiger partial charge in [0.15, 0.2) is 0 Å². The van der Waals surface area contributed by atoms with E-state index in [0.717, 1.165) is 24.1 Å². The van der Waals surface area contributed by atoms with Crippen molar-refractivity contribution in [1.82, 2.24) is 5.32 Å². The second-order valence-corrected chi connectivity index (χ2v) is 5.24. The van der Waals surface area contributed by atoms with Gasteiger partial charge in [-0.25, -0.2) is 0 Å². The summed E-state index contributed by atoms with van der Waals surface area (Å²) >= 11 is 0. The minimum Gasteiger partial charge on any atom is -0.394 e. The van der Waals surface area contributed by atoms with Gasteiger partial charge in [0.25, 0.3) is 0 Å². The molecule has 3 N–H and O–H groups in total. The Kier molecular flexibility index (Phi) is 5.11. The first kappa shape index (κ1) is 15.0. The number of aliphatic hydroxyl groups is 1. The van der Waals surface area contributed by atoms with Gasteiger partial charge in [0.1, 0.15) is 0 Å². The van der Waals surface area contributed by atoms with Crippen LogP contribution in [0.2, 0.25) is 0 Å². The van der Waals surface area contributed by atoms with Gasteiger partial charge in [-0.05, 0) is 24.5 Å². The summed E-state index contributed by atoms with van der Waals surface area (Å²) in [5.41, 5.74) is 1.55. The lowest BCUT2D eigenvalue weighted by molar-refractivity contribution is -0.114. The van der Waals surface area contributed by atoms with E-state index < -0.39 is 0 Å². The summed E-state index contributed by atoms with van der Waals surface area (Å²) in [6.07, 6.45) is 1.59. The van der Waals surface area contributed by atoms with Crippen LogP contribution in [-0.4, -0.2) is 36.4 Å². The highest BCUT2D eigenvalue weighted by Gasteiger charge is 2.31. The molecule has 1 fully saturated rings. The molecule has 20 heavy (non-hydrogen) atoms. The fourth-order valence-corrected chi connectivity index (χ4v) is 2.42. The van der Waals surface area contributed by atoms with Crippen LogP contribution >= 0.6 is 0 Å². The largest absolute Gasteiger partial charge is 0.394 e. The van der Waals surface area contributed by atoms with Gasteiger partial charge in [0.05, 0.1) is 6.61 Å². The zero-order valence-electron chi connectivity index (χ0n) is 11.8. The number of anilines is 1. The van der Waals surface area contributed by atoms with Crippen molar-refractivity contribution in [2.75, 3.05) is 25.1 Å². The standard InChI is InChI=1S/C15H22N2O3/c1-12(19)17-14-5-3-2-4-13(14)10-16-15(11-18)6-8-20-9-7-15/h2-5,16,18H,6-11H2,1H3,(H,17,19). The third kappa shape index (κ3) is 3.79. The molecular formula is C15H22N2O3. The Balaban J connectivity index is 2.04. The molecule has 1 aliphatic rings. The van der Waals surface area contributed by atoms with Gasteiger partial charge in [-0.3, -0.25) is 4.79 Å². The van der Waals surface area contributed by atoms with Crippen molar-refractivity contribution in [1.29, 1.82) is 0 Å². The number of hydrogen-bond donors (Lipinski definition) is 3. The minimum absolute atomic E-state index is 0.0830. The fraction of sp³-hybridized carbons (Fsp3) is 0.533. The summed E-state index contributed by atoms with van der Waals surface area (Å²) in [7, 11) is 0. The van der Waals surface area contributed by atoms with Crippen LogP contribution in [0.1, 0.15) is 25.3 Å². The van der Waals surface area contributed by atoms with E-state index in [1.165, 1.54) is 6.92 Å². The number of ether oxygens (including phenoxy) is 1. The maximum absolute atomic E-state index is 11.2. The van der Waals surface area contributed by atoms with Crippen molar-refractivity contribution in [3.63, 3.8) is 0 Å².